The van der Waals surface area contributed by atoms with Gasteiger partial charge in [-0.25, -0.2) is 17.9 Å². The number of hydrogen-bond donors (Lipinski definition) is 3. The normalized spacial score (nSPS) is 11.2. The van der Waals surface area contributed by atoms with Crippen molar-refractivity contribution in [3.8, 4) is 0 Å². The molecule has 0 radical (unpaired) electrons. The quantitative estimate of drug-likeness (QED) is 0.642. The molecule has 134 valence electrons. The van der Waals surface area contributed by atoms with Crippen molar-refractivity contribution in [2.75, 3.05) is 6.54 Å². The Kier molecular flexibility index (Phi) is 6.29. The second-order valence-electron chi connectivity index (χ2n) is 5.28. The molecule has 1 heterocycles. The summed E-state index contributed by atoms with van der Waals surface area (Å²) in [6, 6.07) is 9.25. The van der Waals surface area contributed by atoms with Gasteiger partial charge >= 0.3 is 5.97 Å². The molecule has 2 rings (SSSR count). The zero-order chi connectivity index (χ0) is 18.4. The van der Waals surface area contributed by atoms with Crippen LogP contribution < -0.4 is 10.0 Å². The highest BCUT2D eigenvalue weighted by Gasteiger charge is 2.16. The first kappa shape index (κ1) is 19.1. The van der Waals surface area contributed by atoms with E-state index >= 15 is 0 Å². The molecular formula is C16H18N2O5S2. The third kappa shape index (κ3) is 5.66. The molecule has 0 spiro atoms. The highest BCUT2D eigenvalue weighted by Crippen LogP contribution is 2.22. The van der Waals surface area contributed by atoms with Gasteiger partial charge in [-0.05, 0) is 36.2 Å². The molecule has 0 saturated carbocycles. The molecular weight excluding hydrogens is 364 g/mol. The molecule has 1 amide bonds. The fourth-order valence-electron chi connectivity index (χ4n) is 2.01. The van der Waals surface area contributed by atoms with E-state index in [1.165, 1.54) is 25.1 Å². The monoisotopic (exact) mass is 382 g/mol. The Balaban J connectivity index is 1.95. The van der Waals surface area contributed by atoms with Crippen LogP contribution in [-0.2, 0) is 27.8 Å². The maximum atomic E-state index is 12.3. The highest BCUT2D eigenvalue weighted by atomic mass is 32.2. The Morgan fingerprint density at radius 3 is 2.40 bits per heavy atom. The first-order chi connectivity index (χ1) is 11.8. The van der Waals surface area contributed by atoms with E-state index in [1.54, 1.807) is 18.2 Å². The van der Waals surface area contributed by atoms with E-state index in [-0.39, 0.29) is 22.2 Å². The van der Waals surface area contributed by atoms with Gasteiger partial charge in [-0.1, -0.05) is 12.1 Å². The van der Waals surface area contributed by atoms with Crippen molar-refractivity contribution in [3.05, 3.63) is 52.4 Å². The van der Waals surface area contributed by atoms with Crippen molar-refractivity contribution >= 4 is 33.2 Å². The number of thiophene rings is 1. The number of carbonyl (C=O) groups excluding carboxylic acids is 1. The topological polar surface area (TPSA) is 113 Å². The SMILES string of the molecule is CC(=O)NCCc1ccc(S(=O)(=O)NCc2ccc(C(=O)O)cc2)s1. The van der Waals surface area contributed by atoms with E-state index in [1.807, 2.05) is 0 Å². The molecule has 25 heavy (non-hydrogen) atoms. The Bertz CT molecular complexity index is 857. The minimum Gasteiger partial charge on any atom is -0.478 e. The molecule has 0 bridgehead atoms. The van der Waals surface area contributed by atoms with Gasteiger partial charge in [0.2, 0.25) is 15.9 Å². The van der Waals surface area contributed by atoms with E-state index < -0.39 is 16.0 Å². The third-order valence-corrected chi connectivity index (χ3v) is 6.35. The van der Waals surface area contributed by atoms with Gasteiger partial charge in [-0.15, -0.1) is 11.3 Å². The van der Waals surface area contributed by atoms with Crippen LogP contribution in [0.2, 0.25) is 0 Å². The molecule has 0 aliphatic carbocycles. The summed E-state index contributed by atoms with van der Waals surface area (Å²) in [5, 5.41) is 11.5. The highest BCUT2D eigenvalue weighted by molar-refractivity contribution is 7.91. The van der Waals surface area contributed by atoms with Crippen LogP contribution in [0.3, 0.4) is 0 Å². The van der Waals surface area contributed by atoms with Crippen molar-refractivity contribution in [2.45, 2.75) is 24.1 Å². The summed E-state index contributed by atoms with van der Waals surface area (Å²) in [5.41, 5.74) is 0.810. The number of amides is 1. The van der Waals surface area contributed by atoms with E-state index in [9.17, 15) is 18.0 Å². The van der Waals surface area contributed by atoms with Crippen LogP contribution in [0.5, 0.6) is 0 Å². The zero-order valence-electron chi connectivity index (χ0n) is 13.5. The molecule has 9 heteroatoms. The predicted molar refractivity (Wildman–Crippen MR) is 94.1 cm³/mol. The van der Waals surface area contributed by atoms with Gasteiger partial charge in [0.25, 0.3) is 0 Å². The number of aromatic carboxylic acids is 1. The molecule has 3 N–H and O–H groups in total. The van der Waals surface area contributed by atoms with E-state index in [4.69, 9.17) is 5.11 Å². The standard InChI is InChI=1S/C16H18N2O5S2/c1-11(19)17-9-8-14-6-7-15(24-14)25(22,23)18-10-12-2-4-13(5-3-12)16(20)21/h2-7,18H,8-10H2,1H3,(H,17,19)(H,20,21). The van der Waals surface area contributed by atoms with Gasteiger partial charge in [0.1, 0.15) is 4.21 Å². The van der Waals surface area contributed by atoms with Gasteiger partial charge in [0.15, 0.2) is 0 Å². The van der Waals surface area contributed by atoms with E-state index in [0.717, 1.165) is 16.2 Å². The molecule has 0 saturated heterocycles. The summed E-state index contributed by atoms with van der Waals surface area (Å²) in [7, 11) is -3.64. The largest absolute Gasteiger partial charge is 0.478 e. The number of nitrogens with one attached hydrogen (secondary N) is 2. The Morgan fingerprint density at radius 2 is 1.80 bits per heavy atom. The Labute approximate surface area is 149 Å². The lowest BCUT2D eigenvalue weighted by molar-refractivity contribution is -0.118. The Hall–Kier alpha value is -2.23. The number of carbonyl (C=O) groups is 2. The predicted octanol–water partition coefficient (Wildman–Crippen LogP) is 1.60. The molecule has 1 aromatic carbocycles. The lowest BCUT2D eigenvalue weighted by Crippen LogP contribution is -2.22. The average Bonchev–Trinajstić information content (AvgIpc) is 3.03. The summed E-state index contributed by atoms with van der Waals surface area (Å²) in [4.78, 5) is 22.5. The lowest BCUT2D eigenvalue weighted by Gasteiger charge is -2.05. The van der Waals surface area contributed by atoms with Crippen molar-refractivity contribution in [1.82, 2.24) is 10.0 Å². The number of hydrogen-bond acceptors (Lipinski definition) is 5. The summed E-state index contributed by atoms with van der Waals surface area (Å²) < 4.78 is 27.3. The van der Waals surface area contributed by atoms with Crippen molar-refractivity contribution in [3.63, 3.8) is 0 Å². The first-order valence-corrected chi connectivity index (χ1v) is 9.73. The zero-order valence-corrected chi connectivity index (χ0v) is 15.1. The second kappa shape index (κ2) is 8.24. The van der Waals surface area contributed by atoms with Crippen LogP contribution in [0.15, 0.2) is 40.6 Å². The van der Waals surface area contributed by atoms with Crippen LogP contribution in [0.1, 0.15) is 27.7 Å². The van der Waals surface area contributed by atoms with Gasteiger partial charge in [0, 0.05) is 24.9 Å². The molecule has 7 nitrogen and oxygen atoms in total. The van der Waals surface area contributed by atoms with Gasteiger partial charge < -0.3 is 10.4 Å². The van der Waals surface area contributed by atoms with Crippen LogP contribution in [0, 0.1) is 0 Å². The van der Waals surface area contributed by atoms with Gasteiger partial charge in [-0.3, -0.25) is 4.79 Å². The number of benzene rings is 1. The van der Waals surface area contributed by atoms with Crippen LogP contribution in [-0.4, -0.2) is 31.9 Å². The summed E-state index contributed by atoms with van der Waals surface area (Å²) in [6.45, 7) is 1.96. The maximum absolute atomic E-state index is 12.3. The maximum Gasteiger partial charge on any atom is 0.335 e. The number of carboxylic acids is 1. The Morgan fingerprint density at radius 1 is 1.12 bits per heavy atom. The van der Waals surface area contributed by atoms with Gasteiger partial charge in [0.05, 0.1) is 5.56 Å². The summed E-state index contributed by atoms with van der Waals surface area (Å²) in [6.07, 6.45) is 0.566. The smallest absolute Gasteiger partial charge is 0.335 e. The molecule has 0 atom stereocenters. The number of rotatable bonds is 8. The summed E-state index contributed by atoms with van der Waals surface area (Å²) >= 11 is 1.15. The van der Waals surface area contributed by atoms with Crippen molar-refractivity contribution < 1.29 is 23.1 Å². The molecule has 2 aromatic rings. The molecule has 0 aliphatic rings. The molecule has 0 unspecified atom stereocenters. The first-order valence-electron chi connectivity index (χ1n) is 7.43. The fourth-order valence-corrected chi connectivity index (χ4v) is 4.43. The molecule has 0 aliphatic heterocycles. The fraction of sp³-hybridized carbons (Fsp3) is 0.250. The minimum absolute atomic E-state index is 0.0708. The lowest BCUT2D eigenvalue weighted by atomic mass is 10.1. The molecule has 0 fully saturated rings. The third-order valence-electron chi connectivity index (χ3n) is 3.31. The minimum atomic E-state index is -3.64. The van der Waals surface area contributed by atoms with Crippen LogP contribution in [0.25, 0.3) is 0 Å². The van der Waals surface area contributed by atoms with Gasteiger partial charge in [-0.2, -0.15) is 0 Å². The van der Waals surface area contributed by atoms with Crippen LogP contribution in [0.4, 0.5) is 0 Å². The average molecular weight is 382 g/mol. The molecule has 1 aromatic heterocycles. The van der Waals surface area contributed by atoms with E-state index in [2.05, 4.69) is 10.0 Å². The van der Waals surface area contributed by atoms with Crippen molar-refractivity contribution in [1.29, 1.82) is 0 Å². The van der Waals surface area contributed by atoms with E-state index in [0.29, 0.717) is 18.5 Å². The number of sulfonamides is 1. The van der Waals surface area contributed by atoms with Crippen molar-refractivity contribution in [2.24, 2.45) is 0 Å². The second-order valence-corrected chi connectivity index (χ2v) is 8.44. The number of carboxylic acid groups (broad SMARTS) is 1. The van der Waals surface area contributed by atoms with Crippen LogP contribution >= 0.6 is 11.3 Å². The summed E-state index contributed by atoms with van der Waals surface area (Å²) in [5.74, 6) is -1.16.